The van der Waals surface area contributed by atoms with Crippen LogP contribution in [0.2, 0.25) is 0 Å². The van der Waals surface area contributed by atoms with Gasteiger partial charge in [-0.05, 0) is 39.0 Å². The molecule has 0 aromatic heterocycles. The van der Waals surface area contributed by atoms with Crippen LogP contribution in [-0.2, 0) is 9.53 Å². The average Bonchev–Trinajstić information content (AvgIpc) is 2.40. The molecule has 1 saturated heterocycles. The molecule has 1 aliphatic heterocycles. The van der Waals surface area contributed by atoms with Gasteiger partial charge >= 0.3 is 0 Å². The van der Waals surface area contributed by atoms with Crippen LogP contribution in [0.25, 0.3) is 0 Å². The van der Waals surface area contributed by atoms with E-state index in [1.54, 1.807) is 0 Å². The number of nitrogens with one attached hydrogen (secondary N) is 1. The fraction of sp³-hybridized carbons (Fsp3) is 0.533. The van der Waals surface area contributed by atoms with E-state index in [4.69, 9.17) is 10.5 Å². The van der Waals surface area contributed by atoms with Gasteiger partial charge in [-0.3, -0.25) is 9.69 Å². The molecule has 1 aromatic rings. The minimum Gasteiger partial charge on any atom is -0.397 e. The molecule has 0 spiro atoms. The third-order valence-corrected chi connectivity index (χ3v) is 3.65. The lowest BCUT2D eigenvalue weighted by Crippen LogP contribution is -2.54. The number of nitrogen functional groups attached to an aromatic ring is 1. The van der Waals surface area contributed by atoms with Crippen LogP contribution < -0.4 is 11.1 Å². The zero-order valence-corrected chi connectivity index (χ0v) is 12.6. The van der Waals surface area contributed by atoms with Crippen LogP contribution in [0.5, 0.6) is 0 Å². The molecule has 0 radical (unpaired) electrons. The smallest absolute Gasteiger partial charge is 0.241 e. The minimum absolute atomic E-state index is 0.161. The number of carbonyl (C=O) groups is 1. The first kappa shape index (κ1) is 15.7. The van der Waals surface area contributed by atoms with Crippen LogP contribution in [0.3, 0.4) is 0 Å². The first-order chi connectivity index (χ1) is 9.78. The Balaban J connectivity index is 2.02. The predicted octanol–water partition coefficient (Wildman–Crippen LogP) is 1.85. The number of anilines is 2. The van der Waals surface area contributed by atoms with E-state index in [1.807, 2.05) is 20.8 Å². The molecule has 0 aliphatic carbocycles. The lowest BCUT2D eigenvalue weighted by molar-refractivity contribution is -0.129. The summed E-state index contributed by atoms with van der Waals surface area (Å²) in [5, 5.41) is 2.75. The molecule has 0 saturated carbocycles. The molecular formula is C15H22FN3O2. The van der Waals surface area contributed by atoms with Crippen molar-refractivity contribution < 1.29 is 13.9 Å². The maximum absolute atomic E-state index is 13.0. The van der Waals surface area contributed by atoms with E-state index in [1.165, 1.54) is 18.2 Å². The lowest BCUT2D eigenvalue weighted by Gasteiger charge is -2.40. The van der Waals surface area contributed by atoms with Crippen LogP contribution >= 0.6 is 0 Å². The van der Waals surface area contributed by atoms with Crippen LogP contribution in [0.4, 0.5) is 15.8 Å². The van der Waals surface area contributed by atoms with Gasteiger partial charge in [0, 0.05) is 13.1 Å². The Morgan fingerprint density at radius 3 is 2.86 bits per heavy atom. The summed E-state index contributed by atoms with van der Waals surface area (Å²) in [5.41, 5.74) is 6.09. The summed E-state index contributed by atoms with van der Waals surface area (Å²) in [5.74, 6) is -0.584. The van der Waals surface area contributed by atoms with Crippen LogP contribution in [0.1, 0.15) is 20.8 Å². The summed E-state index contributed by atoms with van der Waals surface area (Å²) >= 11 is 0. The van der Waals surface area contributed by atoms with Gasteiger partial charge in [0.05, 0.1) is 29.6 Å². The molecule has 2 rings (SSSR count). The van der Waals surface area contributed by atoms with E-state index in [9.17, 15) is 9.18 Å². The quantitative estimate of drug-likeness (QED) is 0.835. The first-order valence-electron chi connectivity index (χ1n) is 7.02. The van der Waals surface area contributed by atoms with Crippen molar-refractivity contribution in [2.75, 3.05) is 30.7 Å². The summed E-state index contributed by atoms with van der Waals surface area (Å²) in [4.78, 5) is 14.4. The number of ether oxygens (including phenoxy) is 1. The number of hydrogen-bond donors (Lipinski definition) is 2. The zero-order chi connectivity index (χ0) is 15.6. The molecule has 1 aromatic carbocycles. The summed E-state index contributed by atoms with van der Waals surface area (Å²) in [6.45, 7) is 7.83. The zero-order valence-electron chi connectivity index (χ0n) is 12.6. The van der Waals surface area contributed by atoms with Gasteiger partial charge in [-0.2, -0.15) is 0 Å². The van der Waals surface area contributed by atoms with E-state index < -0.39 is 5.82 Å². The molecule has 5 nitrogen and oxygen atoms in total. The molecule has 6 heteroatoms. The van der Waals surface area contributed by atoms with Crippen molar-refractivity contribution >= 4 is 17.3 Å². The fourth-order valence-electron chi connectivity index (χ4n) is 2.43. The molecule has 1 aliphatic rings. The number of carbonyl (C=O) groups excluding carboxylic acids is 1. The van der Waals surface area contributed by atoms with Gasteiger partial charge in [0.2, 0.25) is 5.91 Å². The van der Waals surface area contributed by atoms with E-state index in [-0.39, 0.29) is 23.2 Å². The highest BCUT2D eigenvalue weighted by Crippen LogP contribution is 2.21. The van der Waals surface area contributed by atoms with Gasteiger partial charge in [0.1, 0.15) is 5.82 Å². The number of nitrogens with two attached hydrogens (primary N) is 1. The molecule has 1 unspecified atom stereocenters. The van der Waals surface area contributed by atoms with Crippen molar-refractivity contribution in [3.05, 3.63) is 24.0 Å². The number of halogens is 1. The average molecular weight is 295 g/mol. The van der Waals surface area contributed by atoms with Crippen molar-refractivity contribution in [2.45, 2.75) is 32.4 Å². The molecule has 21 heavy (non-hydrogen) atoms. The number of amides is 1. The van der Waals surface area contributed by atoms with Gasteiger partial charge in [-0.1, -0.05) is 0 Å². The third-order valence-electron chi connectivity index (χ3n) is 3.65. The monoisotopic (exact) mass is 295 g/mol. The lowest BCUT2D eigenvalue weighted by atomic mass is 10.1. The Morgan fingerprint density at radius 2 is 2.24 bits per heavy atom. The van der Waals surface area contributed by atoms with Gasteiger partial charge in [0.25, 0.3) is 0 Å². The molecule has 1 amide bonds. The predicted molar refractivity (Wildman–Crippen MR) is 80.5 cm³/mol. The summed E-state index contributed by atoms with van der Waals surface area (Å²) < 4.78 is 18.6. The first-order valence-corrected chi connectivity index (χ1v) is 7.02. The largest absolute Gasteiger partial charge is 0.397 e. The van der Waals surface area contributed by atoms with E-state index in [2.05, 4.69) is 10.2 Å². The molecule has 1 atom stereocenters. The van der Waals surface area contributed by atoms with Crippen molar-refractivity contribution in [3.63, 3.8) is 0 Å². The Kier molecular flexibility index (Phi) is 4.49. The summed E-state index contributed by atoms with van der Waals surface area (Å²) in [6.07, 6.45) is 0. The molecule has 0 bridgehead atoms. The Labute approximate surface area is 124 Å². The molecule has 1 fully saturated rings. The van der Waals surface area contributed by atoms with Crippen molar-refractivity contribution in [1.29, 1.82) is 0 Å². The number of nitrogens with zero attached hydrogens (tertiary/aromatic N) is 1. The second-order valence-electron chi connectivity index (χ2n) is 5.98. The normalized spacial score (nSPS) is 20.0. The minimum atomic E-state index is -0.423. The van der Waals surface area contributed by atoms with E-state index >= 15 is 0 Å². The van der Waals surface area contributed by atoms with Crippen molar-refractivity contribution in [2.24, 2.45) is 0 Å². The Morgan fingerprint density at radius 1 is 1.52 bits per heavy atom. The highest BCUT2D eigenvalue weighted by molar-refractivity contribution is 5.97. The third kappa shape index (κ3) is 3.92. The number of benzene rings is 1. The number of hydrogen-bond acceptors (Lipinski definition) is 4. The maximum Gasteiger partial charge on any atom is 0.241 e. The van der Waals surface area contributed by atoms with Gasteiger partial charge in [-0.15, -0.1) is 0 Å². The van der Waals surface area contributed by atoms with Gasteiger partial charge in [-0.25, -0.2) is 4.39 Å². The SMILES string of the molecule is CC(C(=O)Nc1ccc(F)cc1N)N1CCOC(C)(C)C1. The molecule has 1 heterocycles. The highest BCUT2D eigenvalue weighted by atomic mass is 19.1. The number of rotatable bonds is 3. The van der Waals surface area contributed by atoms with Gasteiger partial charge in [0.15, 0.2) is 0 Å². The van der Waals surface area contributed by atoms with Gasteiger partial charge < -0.3 is 15.8 Å². The second-order valence-corrected chi connectivity index (χ2v) is 5.98. The molecule has 116 valence electrons. The van der Waals surface area contributed by atoms with Crippen LogP contribution in [-0.4, -0.2) is 42.1 Å². The standard InChI is InChI=1S/C15H22FN3O2/c1-10(19-6-7-21-15(2,3)9-19)14(20)18-13-5-4-11(16)8-12(13)17/h4-5,8,10H,6-7,9,17H2,1-3H3,(H,18,20). The Bertz CT molecular complexity index is 534. The maximum atomic E-state index is 13.0. The highest BCUT2D eigenvalue weighted by Gasteiger charge is 2.32. The summed E-state index contributed by atoms with van der Waals surface area (Å²) in [6, 6.07) is 3.63. The second kappa shape index (κ2) is 5.99. The van der Waals surface area contributed by atoms with Crippen LogP contribution in [0.15, 0.2) is 18.2 Å². The topological polar surface area (TPSA) is 67.6 Å². The molecule has 3 N–H and O–H groups in total. The van der Waals surface area contributed by atoms with Crippen molar-refractivity contribution in [1.82, 2.24) is 4.90 Å². The number of morpholine rings is 1. The molecular weight excluding hydrogens is 273 g/mol. The van der Waals surface area contributed by atoms with E-state index in [0.29, 0.717) is 25.4 Å². The summed E-state index contributed by atoms with van der Waals surface area (Å²) in [7, 11) is 0. The van der Waals surface area contributed by atoms with Crippen LogP contribution in [0, 0.1) is 5.82 Å². The van der Waals surface area contributed by atoms with Crippen molar-refractivity contribution in [3.8, 4) is 0 Å². The Hall–Kier alpha value is -1.66. The fourth-order valence-corrected chi connectivity index (χ4v) is 2.43. The van der Waals surface area contributed by atoms with E-state index in [0.717, 1.165) is 0 Å².